The van der Waals surface area contributed by atoms with Crippen LogP contribution in [-0.4, -0.2) is 23.9 Å². The minimum atomic E-state index is -0.661. The molecule has 1 aromatic rings. The maximum atomic E-state index is 13.2. The van der Waals surface area contributed by atoms with Crippen molar-refractivity contribution in [2.75, 3.05) is 7.11 Å². The van der Waals surface area contributed by atoms with Gasteiger partial charge in [0.2, 0.25) is 0 Å². The van der Waals surface area contributed by atoms with Crippen molar-refractivity contribution in [2.24, 2.45) is 0 Å². The molecule has 1 N–H and O–H groups in total. The monoisotopic (exact) mass is 304 g/mol. The van der Waals surface area contributed by atoms with Gasteiger partial charge in [0, 0.05) is 18.0 Å². The Morgan fingerprint density at radius 2 is 2.12 bits per heavy atom. The van der Waals surface area contributed by atoms with Crippen LogP contribution >= 0.6 is 15.9 Å². The summed E-state index contributed by atoms with van der Waals surface area (Å²) in [6.07, 6.45) is 0.404. The van der Waals surface area contributed by atoms with Crippen LogP contribution in [-0.2, 0) is 11.2 Å². The predicted molar refractivity (Wildman–Crippen MR) is 69.5 cm³/mol. The molecule has 2 nitrogen and oxygen atoms in total. The summed E-state index contributed by atoms with van der Waals surface area (Å²) >= 11 is 3.23. The van der Waals surface area contributed by atoms with Crippen LogP contribution in [0, 0.1) is 5.82 Å². The second-order valence-corrected chi connectivity index (χ2v) is 5.28. The number of halogens is 2. The Morgan fingerprint density at radius 1 is 1.47 bits per heavy atom. The summed E-state index contributed by atoms with van der Waals surface area (Å²) < 4.78 is 19.2. The van der Waals surface area contributed by atoms with Gasteiger partial charge in [-0.25, -0.2) is 4.39 Å². The van der Waals surface area contributed by atoms with Crippen LogP contribution in [0.5, 0.6) is 0 Å². The second kappa shape index (κ2) is 5.94. The third-order valence-electron chi connectivity index (χ3n) is 3.22. The molecule has 0 saturated carbocycles. The van der Waals surface area contributed by atoms with Gasteiger partial charge < -0.3 is 9.84 Å². The minimum absolute atomic E-state index is 0.308. The van der Waals surface area contributed by atoms with E-state index in [4.69, 9.17) is 4.74 Å². The summed E-state index contributed by atoms with van der Waals surface area (Å²) in [5, 5.41) is 10.1. The molecule has 0 radical (unpaired) electrons. The molecular weight excluding hydrogens is 287 g/mol. The number of ether oxygens (including phenoxy) is 1. The van der Waals surface area contributed by atoms with E-state index in [2.05, 4.69) is 15.9 Å². The molecule has 1 rings (SSSR count). The van der Waals surface area contributed by atoms with E-state index in [1.54, 1.807) is 13.2 Å². The molecule has 2 atom stereocenters. The third kappa shape index (κ3) is 3.76. The highest BCUT2D eigenvalue weighted by Gasteiger charge is 2.31. The lowest BCUT2D eigenvalue weighted by molar-refractivity contribution is -0.0914. The van der Waals surface area contributed by atoms with Crippen LogP contribution < -0.4 is 0 Å². The van der Waals surface area contributed by atoms with Crippen molar-refractivity contribution in [1.82, 2.24) is 0 Å². The predicted octanol–water partition coefficient (Wildman–Crippen LogP) is 3.31. The maximum absolute atomic E-state index is 13.2. The van der Waals surface area contributed by atoms with Crippen molar-refractivity contribution < 1.29 is 14.2 Å². The first kappa shape index (κ1) is 14.6. The molecule has 96 valence electrons. The topological polar surface area (TPSA) is 29.5 Å². The molecule has 0 aliphatic rings. The van der Waals surface area contributed by atoms with E-state index in [-0.39, 0.29) is 5.82 Å². The van der Waals surface area contributed by atoms with Crippen LogP contribution in [0.1, 0.15) is 25.8 Å². The van der Waals surface area contributed by atoms with Gasteiger partial charge in [0.25, 0.3) is 0 Å². The number of benzene rings is 1. The summed E-state index contributed by atoms with van der Waals surface area (Å²) in [6, 6.07) is 4.63. The average Bonchev–Trinajstić information content (AvgIpc) is 2.26. The molecule has 0 aliphatic carbocycles. The number of hydrogen-bond donors (Lipinski definition) is 1. The highest BCUT2D eigenvalue weighted by Crippen LogP contribution is 2.24. The number of methoxy groups -OCH3 is 1. The molecule has 4 heteroatoms. The normalized spacial score (nSPS) is 16.6. The van der Waals surface area contributed by atoms with Gasteiger partial charge in [0.1, 0.15) is 5.82 Å². The smallest absolute Gasteiger partial charge is 0.124 e. The van der Waals surface area contributed by atoms with Crippen molar-refractivity contribution in [3.05, 3.63) is 34.1 Å². The molecule has 0 aromatic heterocycles. The fourth-order valence-corrected chi connectivity index (χ4v) is 2.20. The summed E-state index contributed by atoms with van der Waals surface area (Å²) in [6.45, 7) is 3.81. The second-order valence-electron chi connectivity index (χ2n) is 4.37. The van der Waals surface area contributed by atoms with E-state index < -0.39 is 11.7 Å². The van der Waals surface area contributed by atoms with Crippen LogP contribution in [0.4, 0.5) is 4.39 Å². The van der Waals surface area contributed by atoms with Gasteiger partial charge in [-0.1, -0.05) is 22.9 Å². The van der Waals surface area contributed by atoms with Gasteiger partial charge in [-0.15, -0.1) is 0 Å². The summed E-state index contributed by atoms with van der Waals surface area (Å²) in [5.41, 5.74) is 0.153. The Balaban J connectivity index is 2.83. The third-order valence-corrected chi connectivity index (χ3v) is 3.68. The van der Waals surface area contributed by atoms with E-state index in [1.807, 2.05) is 13.8 Å². The van der Waals surface area contributed by atoms with Crippen LogP contribution in [0.3, 0.4) is 0 Å². The van der Waals surface area contributed by atoms with Gasteiger partial charge in [-0.2, -0.15) is 0 Å². The molecule has 0 amide bonds. The van der Waals surface area contributed by atoms with Crippen molar-refractivity contribution in [3.8, 4) is 0 Å². The summed E-state index contributed by atoms with van der Waals surface area (Å²) in [7, 11) is 1.58. The van der Waals surface area contributed by atoms with Crippen molar-refractivity contribution in [2.45, 2.75) is 38.4 Å². The highest BCUT2D eigenvalue weighted by atomic mass is 79.9. The number of aliphatic hydroxyl groups excluding tert-OH is 1. The molecule has 0 heterocycles. The quantitative estimate of drug-likeness (QED) is 0.904. The van der Waals surface area contributed by atoms with Crippen LogP contribution in [0.15, 0.2) is 22.7 Å². The van der Waals surface area contributed by atoms with Crippen LogP contribution in [0.25, 0.3) is 0 Å². The first-order chi connectivity index (χ1) is 7.91. The standard InChI is InChI=1S/C13H18BrFO2/c1-4-13(2,17-3)12(16)7-9-5-10(14)8-11(15)6-9/h5-6,8,12,16H,4,7H2,1-3H3. The molecule has 0 aliphatic heterocycles. The largest absolute Gasteiger partial charge is 0.390 e. The zero-order valence-electron chi connectivity index (χ0n) is 10.3. The lowest BCUT2D eigenvalue weighted by atomic mass is 9.91. The number of rotatable bonds is 5. The van der Waals surface area contributed by atoms with Gasteiger partial charge >= 0.3 is 0 Å². The Bertz CT molecular complexity index is 357. The van der Waals surface area contributed by atoms with Crippen molar-refractivity contribution >= 4 is 15.9 Å². The van der Waals surface area contributed by atoms with Gasteiger partial charge in [0.05, 0.1) is 11.7 Å². The first-order valence-electron chi connectivity index (χ1n) is 5.59. The molecular formula is C13H18BrFO2. The Hall–Kier alpha value is -0.450. The van der Waals surface area contributed by atoms with E-state index in [0.29, 0.717) is 17.3 Å². The molecule has 0 spiro atoms. The SMILES string of the molecule is CCC(C)(OC)C(O)Cc1cc(F)cc(Br)c1. The number of hydrogen-bond acceptors (Lipinski definition) is 2. The van der Waals surface area contributed by atoms with Gasteiger partial charge in [0.15, 0.2) is 0 Å². The first-order valence-corrected chi connectivity index (χ1v) is 6.38. The lowest BCUT2D eigenvalue weighted by Gasteiger charge is -2.32. The summed E-state index contributed by atoms with van der Waals surface area (Å²) in [5.74, 6) is -0.308. The van der Waals surface area contributed by atoms with E-state index in [1.165, 1.54) is 12.1 Å². The maximum Gasteiger partial charge on any atom is 0.124 e. The van der Waals surface area contributed by atoms with Gasteiger partial charge in [-0.05, 0) is 37.1 Å². The molecule has 2 unspecified atom stereocenters. The molecule has 0 fully saturated rings. The fourth-order valence-electron chi connectivity index (χ4n) is 1.68. The fraction of sp³-hybridized carbons (Fsp3) is 0.538. The minimum Gasteiger partial charge on any atom is -0.390 e. The lowest BCUT2D eigenvalue weighted by Crippen LogP contribution is -2.42. The zero-order valence-corrected chi connectivity index (χ0v) is 11.9. The van der Waals surface area contributed by atoms with E-state index in [9.17, 15) is 9.50 Å². The van der Waals surface area contributed by atoms with E-state index >= 15 is 0 Å². The molecule has 0 bridgehead atoms. The summed E-state index contributed by atoms with van der Waals surface area (Å²) in [4.78, 5) is 0. The molecule has 0 saturated heterocycles. The van der Waals surface area contributed by atoms with Crippen LogP contribution in [0.2, 0.25) is 0 Å². The molecule has 17 heavy (non-hydrogen) atoms. The highest BCUT2D eigenvalue weighted by molar-refractivity contribution is 9.10. The Labute approximate surface area is 110 Å². The van der Waals surface area contributed by atoms with Gasteiger partial charge in [-0.3, -0.25) is 0 Å². The Morgan fingerprint density at radius 3 is 2.59 bits per heavy atom. The van der Waals surface area contributed by atoms with E-state index in [0.717, 1.165) is 5.56 Å². The van der Waals surface area contributed by atoms with Crippen molar-refractivity contribution in [1.29, 1.82) is 0 Å². The van der Waals surface area contributed by atoms with Crippen molar-refractivity contribution in [3.63, 3.8) is 0 Å². The molecule has 1 aromatic carbocycles. The Kier molecular flexibility index (Phi) is 5.10. The number of aliphatic hydroxyl groups is 1. The average molecular weight is 305 g/mol. The zero-order chi connectivity index (χ0) is 13.1.